The Morgan fingerprint density at radius 1 is 0.806 bits per heavy atom. The van der Waals surface area contributed by atoms with Gasteiger partial charge in [0.05, 0.1) is 11.4 Å². The maximum absolute atomic E-state index is 13.1. The van der Waals surface area contributed by atoms with Gasteiger partial charge in [0.25, 0.3) is 11.8 Å². The Balaban J connectivity index is 1.21. The zero-order valence-corrected chi connectivity index (χ0v) is 19.3. The second-order valence-electron chi connectivity index (χ2n) is 8.29. The normalized spacial score (nSPS) is 12.3. The first kappa shape index (κ1) is 22.9. The zero-order valence-electron chi connectivity index (χ0n) is 19.3. The molecule has 2 N–H and O–H groups in total. The minimum Gasteiger partial charge on any atom is -0.489 e. The van der Waals surface area contributed by atoms with Crippen LogP contribution in [0.1, 0.15) is 26.3 Å². The highest BCUT2D eigenvalue weighted by molar-refractivity contribution is 6.15. The van der Waals surface area contributed by atoms with Gasteiger partial charge in [0, 0.05) is 16.8 Å². The van der Waals surface area contributed by atoms with Crippen molar-refractivity contribution in [2.75, 3.05) is 22.1 Å². The van der Waals surface area contributed by atoms with Gasteiger partial charge < -0.3 is 15.4 Å². The molecular weight excluding hydrogens is 454 g/mol. The molecule has 0 atom stereocenters. The summed E-state index contributed by atoms with van der Waals surface area (Å²) >= 11 is 0. The second kappa shape index (κ2) is 10.1. The van der Waals surface area contributed by atoms with Gasteiger partial charge in [0.15, 0.2) is 0 Å². The van der Waals surface area contributed by atoms with Gasteiger partial charge in [-0.2, -0.15) is 0 Å². The lowest BCUT2D eigenvalue weighted by molar-refractivity contribution is -0.115. The van der Waals surface area contributed by atoms with Crippen LogP contribution in [0, 0.1) is 0 Å². The first-order valence-electron chi connectivity index (χ1n) is 11.5. The van der Waals surface area contributed by atoms with Gasteiger partial charge in [0.2, 0.25) is 5.91 Å². The highest BCUT2D eigenvalue weighted by atomic mass is 16.5. The summed E-state index contributed by atoms with van der Waals surface area (Å²) in [4.78, 5) is 39.3. The van der Waals surface area contributed by atoms with Crippen molar-refractivity contribution in [1.82, 2.24) is 0 Å². The highest BCUT2D eigenvalue weighted by Crippen LogP contribution is 2.30. The van der Waals surface area contributed by atoms with E-state index in [2.05, 4.69) is 10.6 Å². The molecule has 4 aromatic carbocycles. The standard InChI is InChI=1S/C29H23N3O4/c33-27-18-32(26-9-5-4-8-25(26)31-27)29(35)22-14-16-23(17-15-22)30-28(34)21-12-10-20(11-13-21)19-36-24-6-2-1-3-7-24/h1-17H,18-19H2,(H,30,34)(H,31,33). The van der Waals surface area contributed by atoms with Gasteiger partial charge >= 0.3 is 0 Å². The molecule has 0 radical (unpaired) electrons. The van der Waals surface area contributed by atoms with E-state index in [4.69, 9.17) is 4.74 Å². The molecule has 1 aliphatic rings. The van der Waals surface area contributed by atoms with E-state index in [1.807, 2.05) is 48.5 Å². The Morgan fingerprint density at radius 3 is 2.22 bits per heavy atom. The Bertz CT molecular complexity index is 1400. The van der Waals surface area contributed by atoms with Crippen LogP contribution >= 0.6 is 0 Å². The van der Waals surface area contributed by atoms with Crippen LogP contribution in [0.3, 0.4) is 0 Å². The largest absolute Gasteiger partial charge is 0.489 e. The third-order valence-corrected chi connectivity index (χ3v) is 5.77. The number of fused-ring (bicyclic) bond motifs is 1. The molecule has 4 aromatic rings. The molecule has 36 heavy (non-hydrogen) atoms. The number of carbonyl (C=O) groups is 3. The number of benzene rings is 4. The van der Waals surface area contributed by atoms with E-state index >= 15 is 0 Å². The predicted octanol–water partition coefficient (Wildman–Crippen LogP) is 5.12. The van der Waals surface area contributed by atoms with Crippen molar-refractivity contribution >= 4 is 34.8 Å². The van der Waals surface area contributed by atoms with Crippen molar-refractivity contribution in [2.45, 2.75) is 6.61 Å². The number of hydrogen-bond acceptors (Lipinski definition) is 4. The van der Waals surface area contributed by atoms with Crippen molar-refractivity contribution in [3.8, 4) is 5.75 Å². The Hall–Kier alpha value is -4.91. The minimum absolute atomic E-state index is 0.0548. The van der Waals surface area contributed by atoms with Crippen molar-refractivity contribution < 1.29 is 19.1 Å². The quantitative estimate of drug-likeness (QED) is 0.404. The van der Waals surface area contributed by atoms with Gasteiger partial charge in [-0.15, -0.1) is 0 Å². The highest BCUT2D eigenvalue weighted by Gasteiger charge is 2.27. The third kappa shape index (κ3) is 5.10. The molecule has 5 rings (SSSR count). The van der Waals surface area contributed by atoms with E-state index in [-0.39, 0.29) is 24.3 Å². The third-order valence-electron chi connectivity index (χ3n) is 5.77. The predicted molar refractivity (Wildman–Crippen MR) is 138 cm³/mol. The number of ether oxygens (including phenoxy) is 1. The summed E-state index contributed by atoms with van der Waals surface area (Å²) in [6, 6.07) is 30.5. The number of anilines is 3. The fraction of sp³-hybridized carbons (Fsp3) is 0.0690. The summed E-state index contributed by atoms with van der Waals surface area (Å²) in [5.74, 6) is -0.00712. The zero-order chi connectivity index (χ0) is 24.9. The summed E-state index contributed by atoms with van der Waals surface area (Å²) in [6.07, 6.45) is 0. The Kier molecular flexibility index (Phi) is 6.44. The fourth-order valence-corrected chi connectivity index (χ4v) is 3.91. The van der Waals surface area contributed by atoms with Crippen LogP contribution in [0.2, 0.25) is 0 Å². The van der Waals surface area contributed by atoms with Crippen molar-refractivity contribution in [3.63, 3.8) is 0 Å². The summed E-state index contributed by atoms with van der Waals surface area (Å²) < 4.78 is 5.73. The molecule has 0 saturated carbocycles. The number of amides is 3. The number of nitrogens with zero attached hydrogens (tertiary/aromatic N) is 1. The van der Waals surface area contributed by atoms with Crippen LogP contribution < -0.4 is 20.3 Å². The Morgan fingerprint density at radius 2 is 1.47 bits per heavy atom. The van der Waals surface area contributed by atoms with Crippen LogP contribution in [0.4, 0.5) is 17.1 Å². The number of nitrogens with one attached hydrogen (secondary N) is 2. The monoisotopic (exact) mass is 477 g/mol. The van der Waals surface area contributed by atoms with Crippen LogP contribution in [0.25, 0.3) is 0 Å². The van der Waals surface area contributed by atoms with Crippen molar-refractivity contribution in [1.29, 1.82) is 0 Å². The van der Waals surface area contributed by atoms with Gasteiger partial charge in [-0.1, -0.05) is 42.5 Å². The van der Waals surface area contributed by atoms with E-state index in [1.165, 1.54) is 4.90 Å². The minimum atomic E-state index is -0.288. The topological polar surface area (TPSA) is 87.7 Å². The van der Waals surface area contributed by atoms with Crippen LogP contribution in [0.15, 0.2) is 103 Å². The van der Waals surface area contributed by atoms with Crippen LogP contribution in [-0.2, 0) is 11.4 Å². The smallest absolute Gasteiger partial charge is 0.258 e. The lowest BCUT2D eigenvalue weighted by Gasteiger charge is -2.29. The second-order valence-corrected chi connectivity index (χ2v) is 8.29. The molecule has 0 saturated heterocycles. The van der Waals surface area contributed by atoms with Crippen LogP contribution in [-0.4, -0.2) is 24.3 Å². The van der Waals surface area contributed by atoms with Gasteiger partial charge in [-0.05, 0) is 66.2 Å². The molecule has 0 unspecified atom stereocenters. The fourth-order valence-electron chi connectivity index (χ4n) is 3.91. The molecular formula is C29H23N3O4. The molecule has 0 bridgehead atoms. The molecule has 0 fully saturated rings. The molecule has 1 aliphatic heterocycles. The lowest BCUT2D eigenvalue weighted by Crippen LogP contribution is -2.42. The van der Waals surface area contributed by atoms with E-state index in [9.17, 15) is 14.4 Å². The first-order valence-corrected chi connectivity index (χ1v) is 11.5. The summed E-state index contributed by atoms with van der Waals surface area (Å²) in [5, 5.41) is 5.62. The molecule has 1 heterocycles. The number of rotatable bonds is 6. The average Bonchev–Trinajstić information content (AvgIpc) is 2.92. The van der Waals surface area contributed by atoms with E-state index in [0.29, 0.717) is 34.8 Å². The SMILES string of the molecule is O=C1CN(C(=O)c2ccc(NC(=O)c3ccc(COc4ccccc4)cc3)cc2)c2ccccc2N1. The van der Waals surface area contributed by atoms with Gasteiger partial charge in [-0.3, -0.25) is 19.3 Å². The van der Waals surface area contributed by atoms with Crippen molar-refractivity contribution in [3.05, 3.63) is 120 Å². The number of para-hydroxylation sites is 3. The molecule has 7 heteroatoms. The summed E-state index contributed by atoms with van der Waals surface area (Å²) in [6.45, 7) is 0.352. The number of carbonyl (C=O) groups excluding carboxylic acids is 3. The molecule has 7 nitrogen and oxygen atoms in total. The van der Waals surface area contributed by atoms with E-state index in [1.54, 1.807) is 54.6 Å². The van der Waals surface area contributed by atoms with Gasteiger partial charge in [0.1, 0.15) is 18.9 Å². The summed E-state index contributed by atoms with van der Waals surface area (Å²) in [7, 11) is 0. The van der Waals surface area contributed by atoms with Crippen molar-refractivity contribution in [2.24, 2.45) is 0 Å². The van der Waals surface area contributed by atoms with Gasteiger partial charge in [-0.25, -0.2) is 0 Å². The average molecular weight is 478 g/mol. The first-order chi connectivity index (χ1) is 17.6. The lowest BCUT2D eigenvalue weighted by atomic mass is 10.1. The van der Waals surface area contributed by atoms with E-state index in [0.717, 1.165) is 11.3 Å². The molecule has 0 aliphatic carbocycles. The molecule has 3 amide bonds. The molecule has 0 spiro atoms. The van der Waals surface area contributed by atoms with Crippen LogP contribution in [0.5, 0.6) is 5.75 Å². The Labute approximate surface area is 208 Å². The maximum atomic E-state index is 13.1. The maximum Gasteiger partial charge on any atom is 0.258 e. The molecule has 178 valence electrons. The summed E-state index contributed by atoms with van der Waals surface area (Å²) in [5.41, 5.74) is 3.69. The number of hydrogen-bond donors (Lipinski definition) is 2. The molecule has 0 aromatic heterocycles. The van der Waals surface area contributed by atoms with E-state index < -0.39 is 0 Å².